The summed E-state index contributed by atoms with van der Waals surface area (Å²) in [5.41, 5.74) is 1.94. The van der Waals surface area contributed by atoms with Crippen LogP contribution in [0.1, 0.15) is 13.8 Å². The van der Waals surface area contributed by atoms with Crippen LogP contribution in [0.3, 0.4) is 0 Å². The van der Waals surface area contributed by atoms with Crippen LogP contribution in [0.4, 0.5) is 0 Å². The summed E-state index contributed by atoms with van der Waals surface area (Å²) in [4.78, 5) is 9.84. The Bertz CT molecular complexity index is 555. The lowest BCUT2D eigenvalue weighted by atomic mass is 10.3. The lowest BCUT2D eigenvalue weighted by molar-refractivity contribution is 0.263. The molecule has 0 aliphatic heterocycles. The summed E-state index contributed by atoms with van der Waals surface area (Å²) in [6.07, 6.45) is 1.80. The van der Waals surface area contributed by atoms with Crippen LogP contribution in [0, 0.1) is 4.77 Å². The Kier molecular flexibility index (Phi) is 3.59. The molecule has 2 rings (SSSR count). The number of hydrogen-bond acceptors (Lipinski definition) is 3. The Balaban J connectivity index is 2.24. The number of H-pyrrole nitrogens is 1. The van der Waals surface area contributed by atoms with E-state index >= 15 is 0 Å². The number of nitrogens with zero attached hydrogens (tertiary/aromatic N) is 3. The number of imidazole rings is 1. The van der Waals surface area contributed by atoms with E-state index in [1.165, 1.54) is 0 Å². The second-order valence-corrected chi connectivity index (χ2v) is 4.92. The van der Waals surface area contributed by atoms with E-state index < -0.39 is 0 Å². The van der Waals surface area contributed by atoms with Gasteiger partial charge in [0.1, 0.15) is 0 Å². The van der Waals surface area contributed by atoms with Gasteiger partial charge in [-0.25, -0.2) is 4.98 Å². The van der Waals surface area contributed by atoms with E-state index in [4.69, 9.17) is 12.2 Å². The van der Waals surface area contributed by atoms with E-state index in [1.54, 1.807) is 6.20 Å². The third-order valence-electron chi connectivity index (χ3n) is 3.09. The van der Waals surface area contributed by atoms with Crippen LogP contribution < -0.4 is 0 Å². The molecule has 5 heteroatoms. The molecule has 2 heterocycles. The summed E-state index contributed by atoms with van der Waals surface area (Å²) >= 11 is 5.32. The van der Waals surface area contributed by atoms with Crippen molar-refractivity contribution in [2.24, 2.45) is 0 Å². The van der Waals surface area contributed by atoms with Gasteiger partial charge in [0.25, 0.3) is 0 Å². The van der Waals surface area contributed by atoms with E-state index in [0.717, 1.165) is 29.0 Å². The van der Waals surface area contributed by atoms with E-state index in [2.05, 4.69) is 40.3 Å². The topological polar surface area (TPSA) is 36.9 Å². The van der Waals surface area contributed by atoms with Gasteiger partial charge < -0.3 is 14.5 Å². The molecular formula is C12H18N4S. The zero-order valence-corrected chi connectivity index (χ0v) is 11.3. The summed E-state index contributed by atoms with van der Waals surface area (Å²) < 4.78 is 2.81. The molecule has 17 heavy (non-hydrogen) atoms. The Labute approximate surface area is 106 Å². The highest BCUT2D eigenvalue weighted by Gasteiger charge is 2.07. The van der Waals surface area contributed by atoms with Gasteiger partial charge in [-0.1, -0.05) is 0 Å². The number of fused-ring (bicyclic) bond motifs is 1. The molecule has 0 fully saturated rings. The maximum atomic E-state index is 5.32. The molecule has 0 unspecified atom stereocenters. The van der Waals surface area contributed by atoms with E-state index in [0.29, 0.717) is 6.04 Å². The van der Waals surface area contributed by atoms with Gasteiger partial charge in [-0.2, -0.15) is 0 Å². The van der Waals surface area contributed by atoms with Crippen molar-refractivity contribution in [1.29, 1.82) is 0 Å². The van der Waals surface area contributed by atoms with Crippen molar-refractivity contribution in [3.05, 3.63) is 23.1 Å². The van der Waals surface area contributed by atoms with Crippen LogP contribution in [0.2, 0.25) is 0 Å². The first kappa shape index (κ1) is 12.3. The highest BCUT2D eigenvalue weighted by atomic mass is 32.1. The maximum absolute atomic E-state index is 5.32. The molecule has 1 N–H and O–H groups in total. The number of aromatic amines is 1. The van der Waals surface area contributed by atoms with Crippen molar-refractivity contribution in [2.75, 3.05) is 13.6 Å². The molecule has 2 aromatic heterocycles. The first-order valence-corrected chi connectivity index (χ1v) is 6.24. The number of likely N-dealkylation sites (N-methyl/N-ethyl adjacent to an activating group) is 1. The minimum absolute atomic E-state index is 0.544. The summed E-state index contributed by atoms with van der Waals surface area (Å²) in [5, 5.41) is 0. The number of aromatic nitrogens is 3. The maximum Gasteiger partial charge on any atom is 0.179 e. The molecule has 0 saturated heterocycles. The van der Waals surface area contributed by atoms with Crippen LogP contribution in [0.25, 0.3) is 11.2 Å². The van der Waals surface area contributed by atoms with Gasteiger partial charge in [-0.3, -0.25) is 0 Å². The van der Waals surface area contributed by atoms with Crippen molar-refractivity contribution < 1.29 is 0 Å². The van der Waals surface area contributed by atoms with Crippen LogP contribution in [-0.4, -0.2) is 39.1 Å². The Morgan fingerprint density at radius 3 is 3.00 bits per heavy atom. The van der Waals surface area contributed by atoms with Gasteiger partial charge in [0.15, 0.2) is 10.4 Å². The third-order valence-corrected chi connectivity index (χ3v) is 3.41. The zero-order chi connectivity index (χ0) is 12.4. The van der Waals surface area contributed by atoms with Crippen molar-refractivity contribution in [3.8, 4) is 0 Å². The molecule has 0 aliphatic rings. The minimum atomic E-state index is 0.544. The van der Waals surface area contributed by atoms with Gasteiger partial charge >= 0.3 is 0 Å². The summed E-state index contributed by atoms with van der Waals surface area (Å²) in [6, 6.07) is 4.46. The number of hydrogen-bond donors (Lipinski definition) is 1. The van der Waals surface area contributed by atoms with Gasteiger partial charge in [0.2, 0.25) is 0 Å². The summed E-state index contributed by atoms with van der Waals surface area (Å²) in [5.74, 6) is 0. The van der Waals surface area contributed by atoms with Gasteiger partial charge in [-0.15, -0.1) is 0 Å². The predicted octanol–water partition coefficient (Wildman–Crippen LogP) is 2.43. The molecule has 0 atom stereocenters. The van der Waals surface area contributed by atoms with Crippen molar-refractivity contribution in [2.45, 2.75) is 26.4 Å². The molecule has 0 radical (unpaired) electrons. The summed E-state index contributed by atoms with van der Waals surface area (Å²) in [7, 11) is 2.12. The molecule has 0 aliphatic carbocycles. The monoisotopic (exact) mass is 250 g/mol. The van der Waals surface area contributed by atoms with Crippen LogP contribution >= 0.6 is 12.2 Å². The van der Waals surface area contributed by atoms with Gasteiger partial charge in [0.05, 0.1) is 5.52 Å². The normalized spacial score (nSPS) is 11.8. The fourth-order valence-electron chi connectivity index (χ4n) is 1.71. The van der Waals surface area contributed by atoms with Crippen molar-refractivity contribution in [3.63, 3.8) is 0 Å². The quantitative estimate of drug-likeness (QED) is 0.847. The molecule has 0 bridgehead atoms. The Hall–Kier alpha value is -1.20. The molecule has 92 valence electrons. The highest BCUT2D eigenvalue weighted by molar-refractivity contribution is 7.71. The van der Waals surface area contributed by atoms with Crippen LogP contribution in [-0.2, 0) is 6.54 Å². The highest BCUT2D eigenvalue weighted by Crippen LogP contribution is 2.10. The number of pyridine rings is 1. The van der Waals surface area contributed by atoms with Gasteiger partial charge in [-0.05, 0) is 45.2 Å². The molecule has 0 amide bonds. The second-order valence-electron chi connectivity index (χ2n) is 4.53. The average Bonchev–Trinajstić information content (AvgIpc) is 2.61. The molecular weight excluding hydrogens is 232 g/mol. The Morgan fingerprint density at radius 1 is 1.53 bits per heavy atom. The third kappa shape index (κ3) is 2.56. The van der Waals surface area contributed by atoms with E-state index in [1.807, 2.05) is 12.1 Å². The molecule has 0 spiro atoms. The fraction of sp³-hybridized carbons (Fsp3) is 0.500. The van der Waals surface area contributed by atoms with Crippen molar-refractivity contribution in [1.82, 2.24) is 19.4 Å². The fourth-order valence-corrected chi connectivity index (χ4v) is 2.00. The zero-order valence-electron chi connectivity index (χ0n) is 10.5. The van der Waals surface area contributed by atoms with E-state index in [-0.39, 0.29) is 0 Å². The van der Waals surface area contributed by atoms with Crippen LogP contribution in [0.5, 0.6) is 0 Å². The lowest BCUT2D eigenvalue weighted by Crippen LogP contribution is -2.29. The molecule has 4 nitrogen and oxygen atoms in total. The van der Waals surface area contributed by atoms with Crippen LogP contribution in [0.15, 0.2) is 18.3 Å². The first-order valence-electron chi connectivity index (χ1n) is 5.83. The Morgan fingerprint density at radius 2 is 2.29 bits per heavy atom. The molecule has 0 saturated carbocycles. The van der Waals surface area contributed by atoms with Gasteiger partial charge in [0, 0.05) is 25.3 Å². The standard InChI is InChI=1S/C12H18N4S/c1-9(2)15(3)7-8-16-11-10(14-12(16)17)5-4-6-13-11/h4-6,9H,7-8H2,1-3H3,(H,14,17). The lowest BCUT2D eigenvalue weighted by Gasteiger charge is -2.20. The molecule has 2 aromatic rings. The smallest absolute Gasteiger partial charge is 0.179 e. The second kappa shape index (κ2) is 4.98. The molecule has 0 aromatic carbocycles. The number of rotatable bonds is 4. The summed E-state index contributed by atoms with van der Waals surface area (Å²) in [6.45, 7) is 6.21. The average molecular weight is 250 g/mol. The number of nitrogens with one attached hydrogen (secondary N) is 1. The predicted molar refractivity (Wildman–Crippen MR) is 72.7 cm³/mol. The van der Waals surface area contributed by atoms with Crippen molar-refractivity contribution >= 4 is 23.4 Å². The largest absolute Gasteiger partial charge is 0.329 e. The minimum Gasteiger partial charge on any atom is -0.329 e. The first-order chi connectivity index (χ1) is 8.09. The van der Waals surface area contributed by atoms with E-state index in [9.17, 15) is 0 Å². The SMILES string of the molecule is CC(C)N(C)CCn1c(=S)[nH]c2cccnc21.